The van der Waals surface area contributed by atoms with Crippen LogP contribution in [-0.4, -0.2) is 17.1 Å². The summed E-state index contributed by atoms with van der Waals surface area (Å²) in [4.78, 5) is 6.34. The number of rotatable bonds is 4. The summed E-state index contributed by atoms with van der Waals surface area (Å²) in [5, 5.41) is 10.2. The predicted octanol–water partition coefficient (Wildman–Crippen LogP) is 3.42. The summed E-state index contributed by atoms with van der Waals surface area (Å²) >= 11 is 5.86. The van der Waals surface area contributed by atoms with E-state index in [0.717, 1.165) is 17.3 Å². The molecule has 2 aromatic rings. The van der Waals surface area contributed by atoms with Gasteiger partial charge in [-0.05, 0) is 36.8 Å². The molecule has 1 heterocycles. The van der Waals surface area contributed by atoms with Crippen LogP contribution in [0.4, 0.5) is 5.69 Å². The summed E-state index contributed by atoms with van der Waals surface area (Å²) < 4.78 is 0. The molecule has 0 amide bonds. The molecule has 0 aliphatic carbocycles. The van der Waals surface area contributed by atoms with Crippen LogP contribution in [0.3, 0.4) is 0 Å². The first kappa shape index (κ1) is 13.8. The molecule has 0 radical (unpaired) electrons. The Labute approximate surface area is 118 Å². The Morgan fingerprint density at radius 2 is 1.89 bits per heavy atom. The van der Waals surface area contributed by atoms with Gasteiger partial charge in [0.2, 0.25) is 0 Å². The summed E-state index contributed by atoms with van der Waals surface area (Å²) in [7, 11) is 2.01. The van der Waals surface area contributed by atoms with Crippen LogP contribution in [0.25, 0.3) is 0 Å². The lowest BCUT2D eigenvalue weighted by Crippen LogP contribution is -2.16. The van der Waals surface area contributed by atoms with Crippen LogP contribution >= 0.6 is 11.6 Å². The highest BCUT2D eigenvalue weighted by molar-refractivity contribution is 6.30. The maximum Gasteiger partial charge on any atom is 0.0931 e. The van der Waals surface area contributed by atoms with E-state index in [1.807, 2.05) is 43.4 Å². The highest BCUT2D eigenvalue weighted by Gasteiger charge is 2.05. The number of hydrogen-bond acceptors (Lipinski definition) is 3. The van der Waals surface area contributed by atoms with Crippen LogP contribution in [0.5, 0.6) is 0 Å². The number of halogens is 1. The lowest BCUT2D eigenvalue weighted by molar-refractivity contribution is 0.194. The number of benzene rings is 1. The summed E-state index contributed by atoms with van der Waals surface area (Å²) in [6, 6.07) is 11.6. The van der Waals surface area contributed by atoms with Crippen molar-refractivity contribution in [2.24, 2.45) is 0 Å². The maximum atomic E-state index is 9.43. The SMILES string of the molecule is C[C@@H](O)c1ccc(N(C)Cc2ccc(Cl)cc2)cn1. The average molecular weight is 277 g/mol. The van der Waals surface area contributed by atoms with Crippen molar-refractivity contribution in [1.82, 2.24) is 4.98 Å². The van der Waals surface area contributed by atoms with E-state index in [1.165, 1.54) is 5.56 Å². The second-order valence-corrected chi connectivity index (χ2v) is 5.04. The first-order valence-electron chi connectivity index (χ1n) is 6.16. The molecule has 0 bridgehead atoms. The predicted molar refractivity (Wildman–Crippen MR) is 78.4 cm³/mol. The van der Waals surface area contributed by atoms with Crippen molar-refractivity contribution in [3.63, 3.8) is 0 Å². The Bertz CT molecular complexity index is 523. The molecule has 0 aliphatic heterocycles. The Balaban J connectivity index is 2.07. The monoisotopic (exact) mass is 276 g/mol. The molecule has 4 heteroatoms. The van der Waals surface area contributed by atoms with Gasteiger partial charge in [0, 0.05) is 18.6 Å². The molecule has 2 rings (SSSR count). The lowest BCUT2D eigenvalue weighted by Gasteiger charge is -2.19. The van der Waals surface area contributed by atoms with Gasteiger partial charge in [0.25, 0.3) is 0 Å². The maximum absolute atomic E-state index is 9.43. The smallest absolute Gasteiger partial charge is 0.0931 e. The normalized spacial score (nSPS) is 12.2. The van der Waals surface area contributed by atoms with Gasteiger partial charge in [-0.3, -0.25) is 4.98 Å². The van der Waals surface area contributed by atoms with E-state index in [4.69, 9.17) is 11.6 Å². The van der Waals surface area contributed by atoms with Crippen LogP contribution in [0.15, 0.2) is 42.6 Å². The lowest BCUT2D eigenvalue weighted by atomic mass is 10.2. The van der Waals surface area contributed by atoms with Crippen molar-refractivity contribution in [1.29, 1.82) is 0 Å². The van der Waals surface area contributed by atoms with Gasteiger partial charge < -0.3 is 10.0 Å². The van der Waals surface area contributed by atoms with Gasteiger partial charge in [-0.15, -0.1) is 0 Å². The zero-order valence-corrected chi connectivity index (χ0v) is 11.8. The minimum atomic E-state index is -0.532. The Hall–Kier alpha value is -1.58. The van der Waals surface area contributed by atoms with E-state index in [1.54, 1.807) is 13.1 Å². The molecule has 19 heavy (non-hydrogen) atoms. The fourth-order valence-corrected chi connectivity index (χ4v) is 1.95. The molecule has 1 aromatic heterocycles. The van der Waals surface area contributed by atoms with Crippen molar-refractivity contribution < 1.29 is 5.11 Å². The third-order valence-corrected chi connectivity index (χ3v) is 3.22. The summed E-state index contributed by atoms with van der Waals surface area (Å²) in [5.41, 5.74) is 2.88. The molecule has 1 N–H and O–H groups in total. The number of hydrogen-bond donors (Lipinski definition) is 1. The van der Waals surface area contributed by atoms with Crippen molar-refractivity contribution in [2.75, 3.05) is 11.9 Å². The highest BCUT2D eigenvalue weighted by Crippen LogP contribution is 2.18. The topological polar surface area (TPSA) is 36.4 Å². The first-order chi connectivity index (χ1) is 9.06. The van der Waals surface area contributed by atoms with E-state index in [2.05, 4.69) is 9.88 Å². The summed E-state index contributed by atoms with van der Waals surface area (Å²) in [5.74, 6) is 0. The average Bonchev–Trinajstić information content (AvgIpc) is 2.41. The fourth-order valence-electron chi connectivity index (χ4n) is 1.83. The third kappa shape index (κ3) is 3.69. The Morgan fingerprint density at radius 1 is 1.21 bits per heavy atom. The number of aliphatic hydroxyl groups excluding tert-OH is 1. The molecule has 0 unspecified atom stereocenters. The molecule has 0 fully saturated rings. The molecule has 0 saturated heterocycles. The van der Waals surface area contributed by atoms with Crippen LogP contribution < -0.4 is 4.90 Å². The van der Waals surface area contributed by atoms with Gasteiger partial charge in [-0.25, -0.2) is 0 Å². The van der Waals surface area contributed by atoms with Gasteiger partial charge in [0.15, 0.2) is 0 Å². The van der Waals surface area contributed by atoms with E-state index in [0.29, 0.717) is 5.69 Å². The second-order valence-electron chi connectivity index (χ2n) is 4.60. The molecular formula is C15H17ClN2O. The quantitative estimate of drug-likeness (QED) is 0.929. The molecule has 1 atom stereocenters. The second kappa shape index (κ2) is 6.04. The van der Waals surface area contributed by atoms with Crippen molar-refractivity contribution in [2.45, 2.75) is 19.6 Å². The molecule has 3 nitrogen and oxygen atoms in total. The molecule has 1 aromatic carbocycles. The minimum Gasteiger partial charge on any atom is -0.387 e. The van der Waals surface area contributed by atoms with Gasteiger partial charge in [-0.1, -0.05) is 23.7 Å². The van der Waals surface area contributed by atoms with Crippen molar-refractivity contribution in [3.05, 3.63) is 58.9 Å². The number of nitrogens with zero attached hydrogens (tertiary/aromatic N) is 2. The Morgan fingerprint density at radius 3 is 2.42 bits per heavy atom. The molecular weight excluding hydrogens is 260 g/mol. The van der Waals surface area contributed by atoms with Crippen LogP contribution in [0.2, 0.25) is 5.02 Å². The van der Waals surface area contributed by atoms with Gasteiger partial charge in [0.05, 0.1) is 23.7 Å². The largest absolute Gasteiger partial charge is 0.387 e. The standard InChI is InChI=1S/C15H17ClN2O/c1-11(19)15-8-7-14(9-17-15)18(2)10-12-3-5-13(16)6-4-12/h3-9,11,19H,10H2,1-2H3/t11-/m1/s1. The van der Waals surface area contributed by atoms with Crippen LogP contribution in [0, 0.1) is 0 Å². The van der Waals surface area contributed by atoms with Crippen LogP contribution in [0.1, 0.15) is 24.3 Å². The minimum absolute atomic E-state index is 0.532. The number of pyridine rings is 1. The number of anilines is 1. The van der Waals surface area contributed by atoms with Crippen molar-refractivity contribution in [3.8, 4) is 0 Å². The highest BCUT2D eigenvalue weighted by atomic mass is 35.5. The summed E-state index contributed by atoms with van der Waals surface area (Å²) in [6.07, 6.45) is 1.24. The molecule has 0 aliphatic rings. The van der Waals surface area contributed by atoms with E-state index < -0.39 is 6.10 Å². The molecule has 0 spiro atoms. The number of aliphatic hydroxyl groups is 1. The number of aromatic nitrogens is 1. The van der Waals surface area contributed by atoms with Gasteiger partial charge >= 0.3 is 0 Å². The van der Waals surface area contributed by atoms with Gasteiger partial charge in [0.1, 0.15) is 0 Å². The first-order valence-corrected chi connectivity index (χ1v) is 6.53. The zero-order chi connectivity index (χ0) is 13.8. The van der Waals surface area contributed by atoms with Crippen LogP contribution in [-0.2, 0) is 6.54 Å². The van der Waals surface area contributed by atoms with E-state index in [-0.39, 0.29) is 0 Å². The fraction of sp³-hybridized carbons (Fsp3) is 0.267. The van der Waals surface area contributed by atoms with Crippen molar-refractivity contribution >= 4 is 17.3 Å². The molecule has 100 valence electrons. The van der Waals surface area contributed by atoms with E-state index in [9.17, 15) is 5.11 Å². The van der Waals surface area contributed by atoms with E-state index >= 15 is 0 Å². The Kier molecular flexibility index (Phi) is 4.40. The molecule has 0 saturated carbocycles. The summed E-state index contributed by atoms with van der Waals surface area (Å²) in [6.45, 7) is 2.49. The zero-order valence-electron chi connectivity index (χ0n) is 11.0. The van der Waals surface area contributed by atoms with Gasteiger partial charge in [-0.2, -0.15) is 0 Å². The third-order valence-electron chi connectivity index (χ3n) is 2.97.